The Labute approximate surface area is 173 Å². The van der Waals surface area contributed by atoms with Crippen LogP contribution in [-0.2, 0) is 9.59 Å². The summed E-state index contributed by atoms with van der Waals surface area (Å²) in [5, 5.41) is 8.45. The predicted octanol–water partition coefficient (Wildman–Crippen LogP) is 5.68. The highest BCUT2D eigenvalue weighted by Crippen LogP contribution is 2.30. The molecule has 0 aliphatic rings. The molecule has 0 saturated heterocycles. The van der Waals surface area contributed by atoms with E-state index in [1.807, 2.05) is 43.3 Å². The van der Waals surface area contributed by atoms with Crippen LogP contribution >= 0.6 is 11.6 Å². The van der Waals surface area contributed by atoms with Crippen LogP contribution in [0, 0.1) is 0 Å². The number of halogens is 1. The zero-order valence-electron chi connectivity index (χ0n) is 16.0. The number of benzene rings is 3. The van der Waals surface area contributed by atoms with Crippen molar-refractivity contribution >= 4 is 56.6 Å². The lowest BCUT2D eigenvalue weighted by Crippen LogP contribution is -2.19. The summed E-state index contributed by atoms with van der Waals surface area (Å²) in [6, 6.07) is 18.8. The molecule has 0 radical (unpaired) electrons. The molecule has 1 heterocycles. The van der Waals surface area contributed by atoms with Gasteiger partial charge in [-0.25, -0.2) is 0 Å². The van der Waals surface area contributed by atoms with E-state index in [2.05, 4.69) is 15.6 Å². The number of anilines is 2. The number of hydrogen-bond donors (Lipinski definition) is 3. The SMILES string of the molecule is CC(=O)Nc1cccc(NC(=O)[C@H](C)c2ccc3c(c2)[nH]c2ccc(Cl)cc23)c1. The smallest absolute Gasteiger partial charge is 0.231 e. The summed E-state index contributed by atoms with van der Waals surface area (Å²) in [5.74, 6) is -0.628. The van der Waals surface area contributed by atoms with Crippen LogP contribution in [0.5, 0.6) is 0 Å². The number of hydrogen-bond acceptors (Lipinski definition) is 2. The maximum atomic E-state index is 12.8. The molecular weight excluding hydrogens is 386 g/mol. The molecule has 0 fully saturated rings. The topological polar surface area (TPSA) is 74.0 Å². The summed E-state index contributed by atoms with van der Waals surface area (Å²) in [6.45, 7) is 3.31. The molecule has 0 aliphatic carbocycles. The molecule has 0 aliphatic heterocycles. The Morgan fingerprint density at radius 3 is 2.41 bits per heavy atom. The average Bonchev–Trinajstić information content (AvgIpc) is 3.04. The summed E-state index contributed by atoms with van der Waals surface area (Å²) in [4.78, 5) is 27.4. The fraction of sp³-hybridized carbons (Fsp3) is 0.130. The quantitative estimate of drug-likeness (QED) is 0.409. The second-order valence-electron chi connectivity index (χ2n) is 7.09. The monoisotopic (exact) mass is 405 g/mol. The molecular formula is C23H20ClN3O2. The van der Waals surface area contributed by atoms with Gasteiger partial charge in [0.15, 0.2) is 0 Å². The van der Waals surface area contributed by atoms with Gasteiger partial charge in [-0.2, -0.15) is 0 Å². The highest BCUT2D eigenvalue weighted by Gasteiger charge is 2.17. The highest BCUT2D eigenvalue weighted by atomic mass is 35.5. The van der Waals surface area contributed by atoms with Crippen molar-refractivity contribution in [2.75, 3.05) is 10.6 Å². The fourth-order valence-electron chi connectivity index (χ4n) is 3.44. The number of aromatic amines is 1. The number of carbonyl (C=O) groups is 2. The van der Waals surface area contributed by atoms with Gasteiger partial charge in [-0.05, 0) is 55.0 Å². The van der Waals surface area contributed by atoms with Crippen molar-refractivity contribution in [3.8, 4) is 0 Å². The second-order valence-corrected chi connectivity index (χ2v) is 7.53. The van der Waals surface area contributed by atoms with Crippen molar-refractivity contribution in [1.29, 1.82) is 0 Å². The minimum Gasteiger partial charge on any atom is -0.355 e. The lowest BCUT2D eigenvalue weighted by molar-refractivity contribution is -0.117. The molecule has 5 nitrogen and oxygen atoms in total. The lowest BCUT2D eigenvalue weighted by Gasteiger charge is -2.13. The molecule has 0 unspecified atom stereocenters. The summed E-state index contributed by atoms with van der Waals surface area (Å²) >= 11 is 6.13. The summed E-state index contributed by atoms with van der Waals surface area (Å²) < 4.78 is 0. The Kier molecular flexibility index (Phi) is 4.99. The van der Waals surface area contributed by atoms with Crippen molar-refractivity contribution in [3.63, 3.8) is 0 Å². The minimum atomic E-state index is -0.348. The number of nitrogens with one attached hydrogen (secondary N) is 3. The van der Waals surface area contributed by atoms with Crippen LogP contribution in [0.25, 0.3) is 21.8 Å². The van der Waals surface area contributed by atoms with Gasteiger partial charge < -0.3 is 15.6 Å². The highest BCUT2D eigenvalue weighted by molar-refractivity contribution is 6.31. The Bertz CT molecular complexity index is 1250. The third-order valence-electron chi connectivity index (χ3n) is 4.93. The van der Waals surface area contributed by atoms with Crippen LogP contribution < -0.4 is 10.6 Å². The van der Waals surface area contributed by atoms with E-state index >= 15 is 0 Å². The normalized spacial score (nSPS) is 12.1. The standard InChI is InChI=1S/C23H20ClN3O2/c1-13(23(29)26-18-5-3-4-17(12-18)25-14(2)28)15-6-8-19-20-11-16(24)7-9-21(20)27-22(19)10-15/h3-13,27H,1-2H3,(H,25,28)(H,26,29)/t13-/m1/s1. The average molecular weight is 406 g/mol. The van der Waals surface area contributed by atoms with Crippen LogP contribution in [0.3, 0.4) is 0 Å². The molecule has 3 aromatic carbocycles. The van der Waals surface area contributed by atoms with E-state index in [0.29, 0.717) is 16.4 Å². The Morgan fingerprint density at radius 1 is 0.897 bits per heavy atom. The number of aromatic nitrogens is 1. The number of rotatable bonds is 4. The van der Waals surface area contributed by atoms with Crippen molar-refractivity contribution in [3.05, 3.63) is 71.2 Å². The number of H-pyrrole nitrogens is 1. The Hall–Kier alpha value is -3.31. The molecule has 1 atom stereocenters. The fourth-order valence-corrected chi connectivity index (χ4v) is 3.61. The zero-order valence-corrected chi connectivity index (χ0v) is 16.8. The molecule has 4 rings (SSSR count). The van der Waals surface area contributed by atoms with E-state index in [1.54, 1.807) is 24.3 Å². The summed E-state index contributed by atoms with van der Waals surface area (Å²) in [7, 11) is 0. The maximum Gasteiger partial charge on any atom is 0.231 e. The van der Waals surface area contributed by atoms with Crippen molar-refractivity contribution in [2.24, 2.45) is 0 Å². The van der Waals surface area contributed by atoms with Gasteiger partial charge in [-0.15, -0.1) is 0 Å². The molecule has 146 valence electrons. The number of fused-ring (bicyclic) bond motifs is 3. The van der Waals surface area contributed by atoms with Crippen LogP contribution in [0.4, 0.5) is 11.4 Å². The molecule has 2 amide bonds. The molecule has 0 spiro atoms. The van der Waals surface area contributed by atoms with Crippen molar-refractivity contribution in [1.82, 2.24) is 4.98 Å². The summed E-state index contributed by atoms with van der Waals surface area (Å²) in [5.41, 5.74) is 4.15. The third kappa shape index (κ3) is 3.96. The predicted molar refractivity (Wildman–Crippen MR) is 119 cm³/mol. The van der Waals surface area contributed by atoms with E-state index < -0.39 is 0 Å². The minimum absolute atomic E-state index is 0.122. The second kappa shape index (κ2) is 7.60. The van der Waals surface area contributed by atoms with Crippen LogP contribution in [0.15, 0.2) is 60.7 Å². The largest absolute Gasteiger partial charge is 0.355 e. The molecule has 4 aromatic rings. The van der Waals surface area contributed by atoms with Crippen LogP contribution in [0.1, 0.15) is 25.3 Å². The number of amides is 2. The molecule has 6 heteroatoms. The molecule has 0 bridgehead atoms. The zero-order chi connectivity index (χ0) is 20.5. The van der Waals surface area contributed by atoms with E-state index in [-0.39, 0.29) is 17.7 Å². The first-order valence-corrected chi connectivity index (χ1v) is 9.68. The first-order valence-electron chi connectivity index (χ1n) is 9.30. The van der Waals surface area contributed by atoms with Gasteiger partial charge in [-0.3, -0.25) is 9.59 Å². The van der Waals surface area contributed by atoms with Gasteiger partial charge in [-0.1, -0.05) is 29.8 Å². The van der Waals surface area contributed by atoms with E-state index in [4.69, 9.17) is 11.6 Å². The molecule has 3 N–H and O–H groups in total. The molecule has 0 saturated carbocycles. The van der Waals surface area contributed by atoms with Crippen LogP contribution in [0.2, 0.25) is 5.02 Å². The van der Waals surface area contributed by atoms with E-state index in [0.717, 1.165) is 27.4 Å². The van der Waals surface area contributed by atoms with Gasteiger partial charge in [0.25, 0.3) is 0 Å². The van der Waals surface area contributed by atoms with Gasteiger partial charge in [0.2, 0.25) is 11.8 Å². The third-order valence-corrected chi connectivity index (χ3v) is 5.16. The summed E-state index contributed by atoms with van der Waals surface area (Å²) in [6.07, 6.45) is 0. The van der Waals surface area contributed by atoms with E-state index in [1.165, 1.54) is 6.92 Å². The number of carbonyl (C=O) groups excluding carboxylic acids is 2. The van der Waals surface area contributed by atoms with Gasteiger partial charge in [0.1, 0.15) is 0 Å². The molecule has 29 heavy (non-hydrogen) atoms. The molecule has 1 aromatic heterocycles. The van der Waals surface area contributed by atoms with Gasteiger partial charge in [0.05, 0.1) is 5.92 Å². The lowest BCUT2D eigenvalue weighted by atomic mass is 9.98. The van der Waals surface area contributed by atoms with Crippen molar-refractivity contribution in [2.45, 2.75) is 19.8 Å². The van der Waals surface area contributed by atoms with Crippen LogP contribution in [-0.4, -0.2) is 16.8 Å². The Balaban J connectivity index is 1.58. The first-order chi connectivity index (χ1) is 13.9. The van der Waals surface area contributed by atoms with Gasteiger partial charge in [0, 0.05) is 45.1 Å². The maximum absolute atomic E-state index is 12.8. The van der Waals surface area contributed by atoms with E-state index in [9.17, 15) is 9.59 Å². The first kappa shape index (κ1) is 19.0. The van der Waals surface area contributed by atoms with Crippen molar-refractivity contribution < 1.29 is 9.59 Å². The van der Waals surface area contributed by atoms with Gasteiger partial charge >= 0.3 is 0 Å². The Morgan fingerprint density at radius 2 is 1.66 bits per heavy atom.